The molecule has 0 bridgehead atoms. The first kappa shape index (κ1) is 19.6. The molecule has 0 spiro atoms. The fourth-order valence-corrected chi connectivity index (χ4v) is 5.99. The highest BCUT2D eigenvalue weighted by Crippen LogP contribution is 2.35. The standard InChI is InChI=1S/C23H21NO3S2/c1-24(29(25,26)22-9-6-14-28-22)23(17-7-4-3-5-8-17)20-11-10-19-16-21(27-2)13-12-18(19)15-20/h3-16,23H,1-2H3/t23-/m1/s1. The van der Waals surface area contributed by atoms with Crippen LogP contribution in [-0.4, -0.2) is 26.9 Å². The molecule has 3 aromatic carbocycles. The lowest BCUT2D eigenvalue weighted by atomic mass is 9.96. The van der Waals surface area contributed by atoms with Gasteiger partial charge in [0.1, 0.15) is 9.96 Å². The number of thiophene rings is 1. The van der Waals surface area contributed by atoms with Gasteiger partial charge in [0.05, 0.1) is 13.2 Å². The Hall–Kier alpha value is -2.67. The van der Waals surface area contributed by atoms with Crippen molar-refractivity contribution in [1.82, 2.24) is 4.31 Å². The van der Waals surface area contributed by atoms with Crippen LogP contribution in [0.1, 0.15) is 17.2 Å². The smallest absolute Gasteiger partial charge is 0.253 e. The lowest BCUT2D eigenvalue weighted by Gasteiger charge is -2.28. The molecule has 0 aliphatic heterocycles. The van der Waals surface area contributed by atoms with E-state index >= 15 is 0 Å². The summed E-state index contributed by atoms with van der Waals surface area (Å²) in [6, 6.07) is 24.6. The van der Waals surface area contributed by atoms with Crippen LogP contribution in [0.2, 0.25) is 0 Å². The van der Waals surface area contributed by atoms with Gasteiger partial charge in [0.15, 0.2) is 0 Å². The third-order valence-corrected chi connectivity index (χ3v) is 8.19. The van der Waals surface area contributed by atoms with Crippen LogP contribution in [-0.2, 0) is 10.0 Å². The number of nitrogens with zero attached hydrogens (tertiary/aromatic N) is 1. The topological polar surface area (TPSA) is 46.6 Å². The second-order valence-corrected chi connectivity index (χ2v) is 9.91. The molecule has 0 fully saturated rings. The molecular formula is C23H21NO3S2. The first-order valence-corrected chi connectivity index (χ1v) is 11.5. The van der Waals surface area contributed by atoms with Gasteiger partial charge in [0.2, 0.25) is 0 Å². The average molecular weight is 424 g/mol. The van der Waals surface area contributed by atoms with Crippen LogP contribution in [0.25, 0.3) is 10.8 Å². The molecule has 0 saturated heterocycles. The number of hydrogen-bond donors (Lipinski definition) is 0. The molecule has 0 N–H and O–H groups in total. The molecule has 0 aliphatic rings. The zero-order valence-electron chi connectivity index (χ0n) is 16.1. The number of methoxy groups -OCH3 is 1. The SMILES string of the molecule is COc1ccc2cc([C@@H](c3ccccc3)N(C)S(=O)(=O)c3cccs3)ccc2c1. The predicted molar refractivity (Wildman–Crippen MR) is 118 cm³/mol. The lowest BCUT2D eigenvalue weighted by molar-refractivity contribution is 0.415. The molecular weight excluding hydrogens is 402 g/mol. The van der Waals surface area contributed by atoms with Crippen LogP contribution in [0.4, 0.5) is 0 Å². The lowest BCUT2D eigenvalue weighted by Crippen LogP contribution is -2.31. The van der Waals surface area contributed by atoms with E-state index in [4.69, 9.17) is 4.74 Å². The minimum Gasteiger partial charge on any atom is -0.497 e. The summed E-state index contributed by atoms with van der Waals surface area (Å²) < 4.78 is 33.6. The highest BCUT2D eigenvalue weighted by molar-refractivity contribution is 7.91. The van der Waals surface area contributed by atoms with Gasteiger partial charge in [-0.2, -0.15) is 4.31 Å². The summed E-state index contributed by atoms with van der Waals surface area (Å²) in [6.07, 6.45) is 0. The van der Waals surface area contributed by atoms with Crippen molar-refractivity contribution in [1.29, 1.82) is 0 Å². The molecule has 4 nitrogen and oxygen atoms in total. The molecule has 148 valence electrons. The summed E-state index contributed by atoms with van der Waals surface area (Å²) >= 11 is 1.23. The van der Waals surface area contributed by atoms with Crippen LogP contribution < -0.4 is 4.74 Å². The highest BCUT2D eigenvalue weighted by Gasteiger charge is 2.31. The largest absolute Gasteiger partial charge is 0.497 e. The normalized spacial score (nSPS) is 12.9. The van der Waals surface area contributed by atoms with Gasteiger partial charge in [-0.1, -0.05) is 54.6 Å². The molecule has 0 amide bonds. The third kappa shape index (κ3) is 3.79. The van der Waals surface area contributed by atoms with Crippen LogP contribution in [0, 0.1) is 0 Å². The quantitative estimate of drug-likeness (QED) is 0.422. The van der Waals surface area contributed by atoms with Gasteiger partial charge in [-0.25, -0.2) is 8.42 Å². The maximum atomic E-state index is 13.2. The molecule has 1 aromatic heterocycles. The summed E-state index contributed by atoms with van der Waals surface area (Å²) in [5.41, 5.74) is 1.83. The molecule has 1 atom stereocenters. The first-order chi connectivity index (χ1) is 14.0. The van der Waals surface area contributed by atoms with Gasteiger partial charge in [0, 0.05) is 7.05 Å². The van der Waals surface area contributed by atoms with E-state index < -0.39 is 16.1 Å². The summed E-state index contributed by atoms with van der Waals surface area (Å²) in [5.74, 6) is 0.794. The van der Waals surface area contributed by atoms with Gasteiger partial charge in [0.25, 0.3) is 10.0 Å². The zero-order valence-corrected chi connectivity index (χ0v) is 17.8. The maximum Gasteiger partial charge on any atom is 0.253 e. The number of benzene rings is 3. The molecule has 0 saturated carbocycles. The Kier molecular flexibility index (Phi) is 5.41. The van der Waals surface area contributed by atoms with E-state index in [2.05, 4.69) is 0 Å². The summed E-state index contributed by atoms with van der Waals surface area (Å²) in [5, 5.41) is 3.86. The van der Waals surface area contributed by atoms with Crippen molar-refractivity contribution in [3.63, 3.8) is 0 Å². The fraction of sp³-hybridized carbons (Fsp3) is 0.130. The van der Waals surface area contributed by atoms with Crippen molar-refractivity contribution in [2.75, 3.05) is 14.2 Å². The van der Waals surface area contributed by atoms with E-state index in [9.17, 15) is 8.42 Å². The number of ether oxygens (including phenoxy) is 1. The minimum atomic E-state index is -3.62. The summed E-state index contributed by atoms with van der Waals surface area (Å²) in [7, 11) is -0.335. The molecule has 29 heavy (non-hydrogen) atoms. The first-order valence-electron chi connectivity index (χ1n) is 9.15. The van der Waals surface area contributed by atoms with Crippen molar-refractivity contribution < 1.29 is 13.2 Å². The second-order valence-electron chi connectivity index (χ2n) is 6.74. The monoisotopic (exact) mass is 423 g/mol. The van der Waals surface area contributed by atoms with Crippen molar-refractivity contribution in [3.05, 3.63) is 95.4 Å². The number of fused-ring (bicyclic) bond motifs is 1. The van der Waals surface area contributed by atoms with Crippen molar-refractivity contribution in [3.8, 4) is 5.75 Å². The fourth-order valence-electron chi connectivity index (χ4n) is 3.48. The Morgan fingerprint density at radius 2 is 1.59 bits per heavy atom. The van der Waals surface area contributed by atoms with Crippen molar-refractivity contribution in [2.24, 2.45) is 0 Å². The summed E-state index contributed by atoms with van der Waals surface area (Å²) in [6.45, 7) is 0. The Labute approximate surface area is 175 Å². The molecule has 4 rings (SSSR count). The molecule has 0 unspecified atom stereocenters. The predicted octanol–water partition coefficient (Wildman–Crippen LogP) is 5.32. The number of hydrogen-bond acceptors (Lipinski definition) is 4. The maximum absolute atomic E-state index is 13.2. The molecule has 6 heteroatoms. The van der Waals surface area contributed by atoms with E-state index in [1.165, 1.54) is 15.6 Å². The van der Waals surface area contributed by atoms with Gasteiger partial charge in [-0.05, 0) is 51.5 Å². The van der Waals surface area contributed by atoms with Gasteiger partial charge in [-0.15, -0.1) is 11.3 Å². The van der Waals surface area contributed by atoms with Gasteiger partial charge in [-0.3, -0.25) is 0 Å². The Balaban J connectivity index is 1.84. The third-order valence-electron chi connectivity index (χ3n) is 4.99. The Morgan fingerprint density at radius 3 is 2.28 bits per heavy atom. The van der Waals surface area contributed by atoms with E-state index in [1.54, 1.807) is 31.7 Å². The van der Waals surface area contributed by atoms with Crippen LogP contribution in [0.3, 0.4) is 0 Å². The van der Waals surface area contributed by atoms with Crippen molar-refractivity contribution >= 4 is 32.1 Å². The molecule has 0 aliphatic carbocycles. The minimum absolute atomic E-state index is 0.339. The second kappa shape index (κ2) is 7.99. The van der Waals surface area contributed by atoms with Gasteiger partial charge >= 0.3 is 0 Å². The van der Waals surface area contributed by atoms with E-state index in [-0.39, 0.29) is 0 Å². The Bertz CT molecular complexity index is 1220. The molecule has 0 radical (unpaired) electrons. The zero-order chi connectivity index (χ0) is 20.4. The Morgan fingerprint density at radius 1 is 0.862 bits per heavy atom. The highest BCUT2D eigenvalue weighted by atomic mass is 32.2. The number of sulfonamides is 1. The summed E-state index contributed by atoms with van der Waals surface area (Å²) in [4.78, 5) is 0. The van der Waals surface area contributed by atoms with Crippen LogP contribution in [0.15, 0.2) is 88.5 Å². The molecule has 4 aromatic rings. The van der Waals surface area contributed by atoms with E-state index in [0.717, 1.165) is 27.6 Å². The van der Waals surface area contributed by atoms with E-state index in [1.807, 2.05) is 66.7 Å². The van der Waals surface area contributed by atoms with Crippen molar-refractivity contribution in [2.45, 2.75) is 10.3 Å². The number of rotatable bonds is 6. The average Bonchev–Trinajstić information content (AvgIpc) is 3.30. The van der Waals surface area contributed by atoms with Gasteiger partial charge < -0.3 is 4.74 Å². The van der Waals surface area contributed by atoms with Crippen LogP contribution in [0.5, 0.6) is 5.75 Å². The molecule has 1 heterocycles. The van der Waals surface area contributed by atoms with Crippen LogP contribution >= 0.6 is 11.3 Å². The van der Waals surface area contributed by atoms with E-state index in [0.29, 0.717) is 4.21 Å².